The number of carbonyl (C=O) groups excluding carboxylic acids is 1. The van der Waals surface area contributed by atoms with Gasteiger partial charge >= 0.3 is 5.97 Å². The number of carbonyl (C=O) groups is 2. The van der Waals surface area contributed by atoms with Gasteiger partial charge in [0.15, 0.2) is 0 Å². The lowest BCUT2D eigenvalue weighted by atomic mass is 9.99. The Hall–Kier alpha value is -1.78. The fraction of sp³-hybridized carbons (Fsp3) is 0.571. The Bertz CT molecular complexity index is 446. The van der Waals surface area contributed by atoms with Crippen molar-refractivity contribution in [1.82, 2.24) is 5.32 Å². The Morgan fingerprint density at radius 2 is 2.00 bits per heavy atom. The lowest BCUT2D eigenvalue weighted by Crippen LogP contribution is -2.24. The molecule has 1 heterocycles. The van der Waals surface area contributed by atoms with Crippen LogP contribution in [0.25, 0.3) is 0 Å². The van der Waals surface area contributed by atoms with Gasteiger partial charge in [0, 0.05) is 6.42 Å². The molecule has 1 aromatic heterocycles. The average Bonchev–Trinajstić information content (AvgIpc) is 2.75. The number of carboxylic acid groups (broad SMARTS) is 1. The highest BCUT2D eigenvalue weighted by Gasteiger charge is 2.15. The first-order valence-electron chi connectivity index (χ1n) is 6.57. The zero-order valence-electron chi connectivity index (χ0n) is 11.7. The molecule has 19 heavy (non-hydrogen) atoms. The fourth-order valence-corrected chi connectivity index (χ4v) is 1.94. The number of hydrogen-bond donors (Lipinski definition) is 2. The Kier molecular flexibility index (Phi) is 5.60. The molecule has 106 valence electrons. The summed E-state index contributed by atoms with van der Waals surface area (Å²) in [7, 11) is 0. The first-order valence-corrected chi connectivity index (χ1v) is 6.57. The van der Waals surface area contributed by atoms with E-state index in [0.29, 0.717) is 23.9 Å². The molecule has 0 spiro atoms. The summed E-state index contributed by atoms with van der Waals surface area (Å²) in [6.07, 6.45) is 2.46. The summed E-state index contributed by atoms with van der Waals surface area (Å²) >= 11 is 0. The van der Waals surface area contributed by atoms with Crippen LogP contribution in [0.4, 0.5) is 0 Å². The average molecular weight is 267 g/mol. The molecule has 0 saturated carbocycles. The van der Waals surface area contributed by atoms with Crippen LogP contribution in [0.1, 0.15) is 55.0 Å². The van der Waals surface area contributed by atoms with E-state index in [1.807, 2.05) is 0 Å². The quantitative estimate of drug-likeness (QED) is 0.796. The molecule has 0 fully saturated rings. The molecule has 1 aromatic rings. The number of rotatable bonds is 7. The Labute approximate surface area is 113 Å². The van der Waals surface area contributed by atoms with Crippen LogP contribution in [0.15, 0.2) is 10.5 Å². The molecule has 1 amide bonds. The van der Waals surface area contributed by atoms with Crippen molar-refractivity contribution in [2.75, 3.05) is 0 Å². The number of furan rings is 1. The van der Waals surface area contributed by atoms with E-state index in [0.717, 1.165) is 12.8 Å². The zero-order chi connectivity index (χ0) is 14.4. The number of amides is 1. The molecule has 0 saturated heterocycles. The Morgan fingerprint density at radius 3 is 2.47 bits per heavy atom. The van der Waals surface area contributed by atoms with Crippen molar-refractivity contribution in [3.05, 3.63) is 23.2 Å². The summed E-state index contributed by atoms with van der Waals surface area (Å²) < 4.78 is 5.29. The van der Waals surface area contributed by atoms with Gasteiger partial charge in [-0.2, -0.15) is 0 Å². The molecule has 2 N–H and O–H groups in total. The summed E-state index contributed by atoms with van der Waals surface area (Å²) in [5, 5.41) is 11.6. The van der Waals surface area contributed by atoms with Crippen molar-refractivity contribution >= 4 is 11.9 Å². The van der Waals surface area contributed by atoms with Gasteiger partial charge in [-0.3, -0.25) is 4.79 Å². The molecular weight excluding hydrogens is 246 g/mol. The van der Waals surface area contributed by atoms with Crippen LogP contribution in [-0.4, -0.2) is 17.0 Å². The molecule has 0 bridgehead atoms. The highest BCUT2D eigenvalue weighted by Crippen LogP contribution is 2.15. The molecule has 0 unspecified atom stereocenters. The van der Waals surface area contributed by atoms with Crippen molar-refractivity contribution in [1.29, 1.82) is 0 Å². The first kappa shape index (κ1) is 15.3. The molecule has 0 aromatic carbocycles. The minimum absolute atomic E-state index is 0.0281. The summed E-state index contributed by atoms with van der Waals surface area (Å²) in [4.78, 5) is 22.6. The maximum Gasteiger partial charge on any atom is 0.339 e. The van der Waals surface area contributed by atoms with E-state index < -0.39 is 5.97 Å². The normalized spacial score (nSPS) is 10.7. The van der Waals surface area contributed by atoms with E-state index in [2.05, 4.69) is 19.2 Å². The van der Waals surface area contributed by atoms with Gasteiger partial charge in [-0.25, -0.2) is 4.79 Å². The summed E-state index contributed by atoms with van der Waals surface area (Å²) in [6.45, 7) is 5.96. The number of nitrogens with one attached hydrogen (secondary N) is 1. The minimum Gasteiger partial charge on any atom is -0.478 e. The van der Waals surface area contributed by atoms with Gasteiger partial charge in [-0.1, -0.05) is 26.7 Å². The van der Waals surface area contributed by atoms with E-state index in [-0.39, 0.29) is 18.0 Å². The third kappa shape index (κ3) is 4.43. The molecule has 5 nitrogen and oxygen atoms in total. The van der Waals surface area contributed by atoms with Gasteiger partial charge in [0.25, 0.3) is 0 Å². The molecule has 0 atom stereocenters. The van der Waals surface area contributed by atoms with Crippen LogP contribution in [0.2, 0.25) is 0 Å². The van der Waals surface area contributed by atoms with E-state index in [1.165, 1.54) is 6.07 Å². The Balaban J connectivity index is 2.50. The number of hydrogen-bond acceptors (Lipinski definition) is 3. The summed E-state index contributed by atoms with van der Waals surface area (Å²) in [5.41, 5.74) is 0.143. The largest absolute Gasteiger partial charge is 0.478 e. The van der Waals surface area contributed by atoms with Crippen LogP contribution in [-0.2, 0) is 11.3 Å². The summed E-state index contributed by atoms with van der Waals surface area (Å²) in [6, 6.07) is 1.45. The molecule has 0 aliphatic heterocycles. The monoisotopic (exact) mass is 267 g/mol. The van der Waals surface area contributed by atoms with E-state index in [9.17, 15) is 9.59 Å². The molecule has 0 radical (unpaired) electrons. The van der Waals surface area contributed by atoms with Crippen molar-refractivity contribution in [3.63, 3.8) is 0 Å². The molecule has 0 aliphatic carbocycles. The van der Waals surface area contributed by atoms with E-state index in [4.69, 9.17) is 9.52 Å². The predicted molar refractivity (Wildman–Crippen MR) is 70.9 cm³/mol. The fourth-order valence-electron chi connectivity index (χ4n) is 1.94. The smallest absolute Gasteiger partial charge is 0.339 e. The second-order valence-electron chi connectivity index (χ2n) is 4.65. The third-order valence-corrected chi connectivity index (χ3v) is 3.29. The molecule has 0 aliphatic rings. The number of aryl methyl sites for hydroxylation is 1. The van der Waals surface area contributed by atoms with Crippen LogP contribution in [0, 0.1) is 12.8 Å². The Morgan fingerprint density at radius 1 is 1.37 bits per heavy atom. The number of carboxylic acids is 1. The second kappa shape index (κ2) is 6.97. The van der Waals surface area contributed by atoms with Gasteiger partial charge in [-0.15, -0.1) is 0 Å². The van der Waals surface area contributed by atoms with Crippen molar-refractivity contribution in [2.24, 2.45) is 5.92 Å². The molecular formula is C14H21NO4. The van der Waals surface area contributed by atoms with Gasteiger partial charge in [-0.05, 0) is 18.9 Å². The SMILES string of the molecule is CCC(CC)CC(=O)NCc1cc(C(=O)O)c(C)o1. The maximum absolute atomic E-state index is 11.7. The van der Waals surface area contributed by atoms with Crippen molar-refractivity contribution in [3.8, 4) is 0 Å². The molecule has 5 heteroatoms. The highest BCUT2D eigenvalue weighted by atomic mass is 16.4. The lowest BCUT2D eigenvalue weighted by molar-refractivity contribution is -0.122. The van der Waals surface area contributed by atoms with Gasteiger partial charge < -0.3 is 14.8 Å². The third-order valence-electron chi connectivity index (χ3n) is 3.29. The maximum atomic E-state index is 11.7. The summed E-state index contributed by atoms with van der Waals surface area (Å²) in [5.74, 6) is 0.174. The standard InChI is InChI=1S/C14H21NO4/c1-4-10(5-2)6-13(16)15-8-11-7-12(14(17)18)9(3)19-11/h7,10H,4-6,8H2,1-3H3,(H,15,16)(H,17,18). The second-order valence-corrected chi connectivity index (χ2v) is 4.65. The number of aromatic carboxylic acids is 1. The van der Waals surface area contributed by atoms with E-state index in [1.54, 1.807) is 6.92 Å². The van der Waals surface area contributed by atoms with Crippen LogP contribution in [0.3, 0.4) is 0 Å². The highest BCUT2D eigenvalue weighted by molar-refractivity contribution is 5.88. The van der Waals surface area contributed by atoms with Gasteiger partial charge in [0.2, 0.25) is 5.91 Å². The van der Waals surface area contributed by atoms with Crippen LogP contribution < -0.4 is 5.32 Å². The van der Waals surface area contributed by atoms with Crippen molar-refractivity contribution in [2.45, 2.75) is 46.6 Å². The van der Waals surface area contributed by atoms with Gasteiger partial charge in [0.05, 0.1) is 6.54 Å². The zero-order valence-corrected chi connectivity index (χ0v) is 11.7. The van der Waals surface area contributed by atoms with Crippen molar-refractivity contribution < 1.29 is 19.1 Å². The topological polar surface area (TPSA) is 79.5 Å². The van der Waals surface area contributed by atoms with Crippen LogP contribution >= 0.6 is 0 Å². The predicted octanol–water partition coefficient (Wildman–Crippen LogP) is 2.73. The first-order chi connectivity index (χ1) is 8.97. The van der Waals surface area contributed by atoms with Gasteiger partial charge in [0.1, 0.15) is 17.1 Å². The van der Waals surface area contributed by atoms with E-state index >= 15 is 0 Å². The van der Waals surface area contributed by atoms with Crippen LogP contribution in [0.5, 0.6) is 0 Å². The lowest BCUT2D eigenvalue weighted by Gasteiger charge is -2.11. The minimum atomic E-state index is -1.02. The molecule has 1 rings (SSSR count).